The van der Waals surface area contributed by atoms with Crippen LogP contribution < -0.4 is 0 Å². The van der Waals surface area contributed by atoms with E-state index in [1.807, 2.05) is 0 Å². The highest BCUT2D eigenvalue weighted by Crippen LogP contribution is 2.34. The number of nitrogens with zero attached hydrogens (tertiary/aromatic N) is 2. The Balaban J connectivity index is 1.54. The van der Waals surface area contributed by atoms with Crippen molar-refractivity contribution in [3.8, 4) is 0 Å². The Bertz CT molecular complexity index is 739. The van der Waals surface area contributed by atoms with E-state index in [2.05, 4.69) is 4.98 Å². The molecule has 1 amide bonds. The molecule has 2 fully saturated rings. The lowest BCUT2D eigenvalue weighted by atomic mass is 10.0. The van der Waals surface area contributed by atoms with Crippen molar-refractivity contribution in [2.24, 2.45) is 5.92 Å². The molecule has 1 saturated heterocycles. The number of amides is 1. The van der Waals surface area contributed by atoms with Crippen molar-refractivity contribution in [1.82, 2.24) is 9.88 Å². The number of aliphatic hydroxyl groups excluding tert-OH is 1. The van der Waals surface area contributed by atoms with Crippen LogP contribution in [0.2, 0.25) is 0 Å². The van der Waals surface area contributed by atoms with E-state index in [9.17, 15) is 14.3 Å². The van der Waals surface area contributed by atoms with Gasteiger partial charge in [-0.15, -0.1) is 0 Å². The van der Waals surface area contributed by atoms with Crippen LogP contribution in [0.25, 0.3) is 0 Å². The number of β-amino-alcohol motifs (C(OH)–C–C–N with tert-alkyl or cyclic N) is 1. The number of hydrogen-bond donors (Lipinski definition) is 1. The van der Waals surface area contributed by atoms with Crippen LogP contribution in [-0.2, 0) is 6.42 Å². The second kappa shape index (κ2) is 6.02. The molecule has 2 aliphatic rings. The van der Waals surface area contributed by atoms with Crippen molar-refractivity contribution >= 4 is 5.91 Å². The van der Waals surface area contributed by atoms with Crippen LogP contribution in [0.3, 0.4) is 0 Å². The number of benzene rings is 1. The summed E-state index contributed by atoms with van der Waals surface area (Å²) in [7, 11) is 0. The number of carbonyl (C=O) groups is 1. The first-order valence-corrected chi connectivity index (χ1v) is 8.29. The third-order valence-electron chi connectivity index (χ3n) is 4.73. The highest BCUT2D eigenvalue weighted by molar-refractivity contribution is 5.92. The number of aliphatic hydroxyl groups is 1. The quantitative estimate of drug-likeness (QED) is 0.936. The number of carbonyl (C=O) groups excluding carboxylic acids is 1. The molecule has 1 aliphatic heterocycles. The van der Waals surface area contributed by atoms with Crippen LogP contribution in [-0.4, -0.2) is 33.5 Å². The molecule has 2 atom stereocenters. The van der Waals surface area contributed by atoms with Crippen molar-refractivity contribution in [3.05, 3.63) is 53.5 Å². The summed E-state index contributed by atoms with van der Waals surface area (Å²) in [5, 5.41) is 10.0. The van der Waals surface area contributed by atoms with Gasteiger partial charge in [-0.1, -0.05) is 12.1 Å². The largest absolute Gasteiger partial charge is 0.448 e. The van der Waals surface area contributed by atoms with E-state index in [1.165, 1.54) is 31.2 Å². The van der Waals surface area contributed by atoms with E-state index in [1.54, 1.807) is 17.0 Å². The summed E-state index contributed by atoms with van der Waals surface area (Å²) in [5.74, 6) is 0.647. The number of hydrogen-bond acceptors (Lipinski definition) is 4. The van der Waals surface area contributed by atoms with Crippen molar-refractivity contribution in [2.75, 3.05) is 6.54 Å². The number of halogens is 1. The molecular weight excluding hydrogens is 311 g/mol. The fraction of sp³-hybridized carbons (Fsp3) is 0.444. The van der Waals surface area contributed by atoms with Crippen LogP contribution in [0, 0.1) is 11.7 Å². The Morgan fingerprint density at radius 3 is 2.79 bits per heavy atom. The SMILES string of the molecule is O=C(c1coc(CC2CC2)n1)N1C[C@H](O)C[C@H]1c1ccc(F)cc1. The summed E-state index contributed by atoms with van der Waals surface area (Å²) in [6, 6.07) is 5.76. The van der Waals surface area contributed by atoms with Gasteiger partial charge in [0, 0.05) is 13.0 Å². The van der Waals surface area contributed by atoms with Crippen LogP contribution in [0.5, 0.6) is 0 Å². The predicted octanol–water partition coefficient (Wildman–Crippen LogP) is 2.71. The molecular formula is C18H19FN2O3. The molecule has 2 aromatic rings. The summed E-state index contributed by atoms with van der Waals surface area (Å²) in [6.45, 7) is 0.242. The Hall–Kier alpha value is -2.21. The zero-order valence-electron chi connectivity index (χ0n) is 13.2. The van der Waals surface area contributed by atoms with E-state index >= 15 is 0 Å². The molecule has 1 N–H and O–H groups in total. The molecule has 1 aliphatic carbocycles. The normalized spacial score (nSPS) is 23.7. The molecule has 1 aromatic heterocycles. The fourth-order valence-corrected chi connectivity index (χ4v) is 3.26. The van der Waals surface area contributed by atoms with E-state index in [0.29, 0.717) is 18.2 Å². The number of rotatable bonds is 4. The summed E-state index contributed by atoms with van der Waals surface area (Å²) >= 11 is 0. The van der Waals surface area contributed by atoms with Gasteiger partial charge in [0.15, 0.2) is 11.6 Å². The molecule has 2 heterocycles. The number of oxazole rings is 1. The minimum Gasteiger partial charge on any atom is -0.448 e. The van der Waals surface area contributed by atoms with E-state index < -0.39 is 6.10 Å². The molecule has 0 spiro atoms. The second-order valence-corrected chi connectivity index (χ2v) is 6.69. The van der Waals surface area contributed by atoms with Crippen LogP contribution >= 0.6 is 0 Å². The Kier molecular flexibility index (Phi) is 3.84. The molecule has 1 saturated carbocycles. The maximum atomic E-state index is 13.1. The Morgan fingerprint density at radius 1 is 1.33 bits per heavy atom. The highest BCUT2D eigenvalue weighted by atomic mass is 19.1. The van der Waals surface area contributed by atoms with Crippen LogP contribution in [0.1, 0.15) is 47.2 Å². The second-order valence-electron chi connectivity index (χ2n) is 6.69. The lowest BCUT2D eigenvalue weighted by Crippen LogP contribution is -2.32. The van der Waals surface area contributed by atoms with Gasteiger partial charge in [-0.2, -0.15) is 0 Å². The number of aromatic nitrogens is 1. The van der Waals surface area contributed by atoms with Gasteiger partial charge in [0.05, 0.1) is 12.1 Å². The smallest absolute Gasteiger partial charge is 0.276 e. The molecule has 0 bridgehead atoms. The summed E-state index contributed by atoms with van der Waals surface area (Å²) in [5.41, 5.74) is 1.08. The van der Waals surface area contributed by atoms with E-state index in [0.717, 1.165) is 12.0 Å². The molecule has 5 nitrogen and oxygen atoms in total. The summed E-state index contributed by atoms with van der Waals surface area (Å²) < 4.78 is 18.5. The maximum absolute atomic E-state index is 13.1. The lowest BCUT2D eigenvalue weighted by Gasteiger charge is -2.23. The van der Waals surface area contributed by atoms with Gasteiger partial charge in [-0.3, -0.25) is 4.79 Å². The van der Waals surface area contributed by atoms with Gasteiger partial charge in [0.1, 0.15) is 12.1 Å². The molecule has 126 valence electrons. The van der Waals surface area contributed by atoms with Gasteiger partial charge < -0.3 is 14.4 Å². The summed E-state index contributed by atoms with van der Waals surface area (Å²) in [4.78, 5) is 18.7. The van der Waals surface area contributed by atoms with E-state index in [-0.39, 0.29) is 30.0 Å². The minimum absolute atomic E-state index is 0.242. The first-order valence-electron chi connectivity index (χ1n) is 8.29. The van der Waals surface area contributed by atoms with Gasteiger partial charge in [-0.25, -0.2) is 9.37 Å². The molecule has 0 unspecified atom stereocenters. The van der Waals surface area contributed by atoms with Crippen molar-refractivity contribution < 1.29 is 18.7 Å². The summed E-state index contributed by atoms with van der Waals surface area (Å²) in [6.07, 6.45) is 4.39. The lowest BCUT2D eigenvalue weighted by molar-refractivity contribution is 0.0709. The standard InChI is InChI=1S/C18H19FN2O3/c19-13-5-3-12(4-6-13)16-8-14(22)9-21(16)18(23)15-10-24-17(20-15)7-11-1-2-11/h3-6,10-11,14,16,22H,1-2,7-9H2/t14-,16+/m1/s1. The first-order chi connectivity index (χ1) is 11.6. The number of likely N-dealkylation sites (tertiary alicyclic amines) is 1. The topological polar surface area (TPSA) is 66.6 Å². The molecule has 0 radical (unpaired) electrons. The molecule has 6 heteroatoms. The predicted molar refractivity (Wildman–Crippen MR) is 83.7 cm³/mol. The van der Waals surface area contributed by atoms with Gasteiger partial charge in [0.2, 0.25) is 0 Å². The first kappa shape index (κ1) is 15.3. The van der Waals surface area contributed by atoms with Crippen LogP contribution in [0.4, 0.5) is 4.39 Å². The molecule has 1 aromatic carbocycles. The van der Waals surface area contributed by atoms with Crippen molar-refractivity contribution in [1.29, 1.82) is 0 Å². The zero-order chi connectivity index (χ0) is 16.7. The fourth-order valence-electron chi connectivity index (χ4n) is 3.26. The molecule has 24 heavy (non-hydrogen) atoms. The average molecular weight is 330 g/mol. The van der Waals surface area contributed by atoms with Crippen molar-refractivity contribution in [2.45, 2.75) is 37.8 Å². The van der Waals surface area contributed by atoms with Gasteiger partial charge >= 0.3 is 0 Å². The Morgan fingerprint density at radius 2 is 2.08 bits per heavy atom. The van der Waals surface area contributed by atoms with E-state index in [4.69, 9.17) is 4.42 Å². The van der Waals surface area contributed by atoms with Crippen molar-refractivity contribution in [3.63, 3.8) is 0 Å². The maximum Gasteiger partial charge on any atom is 0.276 e. The van der Waals surface area contributed by atoms with Gasteiger partial charge in [0.25, 0.3) is 5.91 Å². The van der Waals surface area contributed by atoms with Gasteiger partial charge in [-0.05, 0) is 42.9 Å². The molecule has 4 rings (SSSR count). The average Bonchev–Trinajstić information content (AvgIpc) is 3.11. The van der Waals surface area contributed by atoms with Crippen LogP contribution in [0.15, 0.2) is 34.9 Å². The third kappa shape index (κ3) is 3.06. The minimum atomic E-state index is -0.596. The highest BCUT2D eigenvalue weighted by Gasteiger charge is 2.37. The third-order valence-corrected chi connectivity index (χ3v) is 4.73. The zero-order valence-corrected chi connectivity index (χ0v) is 13.2. The Labute approximate surface area is 139 Å². The monoisotopic (exact) mass is 330 g/mol.